The zero-order chi connectivity index (χ0) is 7.33. The highest BCUT2D eigenvalue weighted by Gasteiger charge is 2.17. The van der Waals surface area contributed by atoms with Gasteiger partial charge in [-0.25, -0.2) is 5.15 Å². The Balaban J connectivity index is 3.33. The molecule has 0 spiro atoms. The monoisotopic (exact) mass is 147 g/mol. The highest BCUT2D eigenvalue weighted by Crippen LogP contribution is 2.08. The highest BCUT2D eigenvalue weighted by atomic mass is 28.3. The minimum absolute atomic E-state index is 1.17. The van der Waals surface area contributed by atoms with Gasteiger partial charge in [0.15, 0.2) is 0 Å². The molecule has 0 saturated heterocycles. The summed E-state index contributed by atoms with van der Waals surface area (Å²) >= 11 is 0. The molecule has 0 radical (unpaired) electrons. The van der Waals surface area contributed by atoms with Crippen LogP contribution in [0, 0.1) is 0 Å². The first-order valence-corrected chi connectivity index (χ1v) is 6.74. The average Bonchev–Trinajstić information content (AvgIpc) is 1.84. The molecule has 0 bridgehead atoms. The Morgan fingerprint density at radius 3 is 2.33 bits per heavy atom. The lowest BCUT2D eigenvalue weighted by molar-refractivity contribution is 0.235. The maximum absolute atomic E-state index is 8.63. The molecule has 0 fully saturated rings. The molecule has 0 aliphatic heterocycles. The Kier molecular flexibility index (Phi) is 4.09. The molecule has 0 aliphatic rings. The van der Waals surface area contributed by atoms with Crippen LogP contribution >= 0.6 is 0 Å². The van der Waals surface area contributed by atoms with E-state index >= 15 is 0 Å². The second kappa shape index (κ2) is 4.03. The Hall–Kier alpha value is 0.137. The van der Waals surface area contributed by atoms with Gasteiger partial charge in [-0.1, -0.05) is 32.9 Å². The molecule has 2 N–H and O–H groups in total. The standard InChI is InChI=1S/C6H17NOSi/c1-4-5-6-9(2,3)7-8/h7-8H,4-6H2,1-3H3. The van der Waals surface area contributed by atoms with Crippen molar-refractivity contribution in [1.82, 2.24) is 5.15 Å². The summed E-state index contributed by atoms with van der Waals surface area (Å²) < 4.78 is 0. The molecule has 3 heteroatoms. The summed E-state index contributed by atoms with van der Waals surface area (Å²) in [5.41, 5.74) is 0. The van der Waals surface area contributed by atoms with Crippen molar-refractivity contribution in [2.24, 2.45) is 0 Å². The SMILES string of the molecule is CCCC[Si](C)(C)NO. The van der Waals surface area contributed by atoms with Gasteiger partial charge in [0.2, 0.25) is 0 Å². The zero-order valence-electron chi connectivity index (χ0n) is 6.57. The lowest BCUT2D eigenvalue weighted by Gasteiger charge is -2.18. The second-order valence-corrected chi connectivity index (χ2v) is 7.59. The van der Waals surface area contributed by atoms with Crippen LogP contribution in [0.2, 0.25) is 19.1 Å². The molecule has 0 aliphatic carbocycles. The van der Waals surface area contributed by atoms with Gasteiger partial charge in [0.05, 0.1) is 0 Å². The van der Waals surface area contributed by atoms with Crippen molar-refractivity contribution in [2.75, 3.05) is 0 Å². The zero-order valence-corrected chi connectivity index (χ0v) is 7.57. The number of nitrogens with one attached hydrogen (secondary N) is 1. The second-order valence-electron chi connectivity index (χ2n) is 3.10. The van der Waals surface area contributed by atoms with E-state index in [-0.39, 0.29) is 0 Å². The molecule has 0 saturated carbocycles. The van der Waals surface area contributed by atoms with E-state index in [1.807, 2.05) is 0 Å². The minimum Gasteiger partial charge on any atom is -0.324 e. The fourth-order valence-corrected chi connectivity index (χ4v) is 2.02. The van der Waals surface area contributed by atoms with Gasteiger partial charge in [0.25, 0.3) is 0 Å². The predicted molar refractivity (Wildman–Crippen MR) is 42.1 cm³/mol. The maximum Gasteiger partial charge on any atom is 0.150 e. The summed E-state index contributed by atoms with van der Waals surface area (Å²) in [6.07, 6.45) is 2.45. The topological polar surface area (TPSA) is 32.3 Å². The van der Waals surface area contributed by atoms with Crippen LogP contribution in [0.1, 0.15) is 19.8 Å². The van der Waals surface area contributed by atoms with E-state index in [4.69, 9.17) is 5.21 Å². The molecule has 0 heterocycles. The Bertz CT molecular complexity index is 75.5. The van der Waals surface area contributed by atoms with E-state index in [9.17, 15) is 0 Å². The first-order valence-electron chi connectivity index (χ1n) is 3.53. The largest absolute Gasteiger partial charge is 0.324 e. The molecule has 56 valence electrons. The Morgan fingerprint density at radius 1 is 1.44 bits per heavy atom. The van der Waals surface area contributed by atoms with Crippen LogP contribution in [0.15, 0.2) is 0 Å². The van der Waals surface area contributed by atoms with Crippen molar-refractivity contribution in [3.05, 3.63) is 0 Å². The molecule has 9 heavy (non-hydrogen) atoms. The summed E-state index contributed by atoms with van der Waals surface area (Å²) in [7, 11) is -1.39. The molecule has 0 aromatic rings. The van der Waals surface area contributed by atoms with Crippen molar-refractivity contribution >= 4 is 8.24 Å². The molecule has 0 aromatic heterocycles. The Labute approximate surface area is 58.3 Å². The molecule has 0 amide bonds. The van der Waals surface area contributed by atoms with Crippen molar-refractivity contribution in [2.45, 2.75) is 38.9 Å². The van der Waals surface area contributed by atoms with Gasteiger partial charge in [-0.15, -0.1) is 0 Å². The minimum atomic E-state index is -1.39. The average molecular weight is 147 g/mol. The number of rotatable bonds is 4. The predicted octanol–water partition coefficient (Wildman–Crippen LogP) is 1.97. The van der Waals surface area contributed by atoms with Crippen molar-refractivity contribution in [1.29, 1.82) is 0 Å². The van der Waals surface area contributed by atoms with Gasteiger partial charge in [0, 0.05) is 0 Å². The van der Waals surface area contributed by atoms with Crippen molar-refractivity contribution < 1.29 is 5.21 Å². The number of unbranched alkanes of at least 4 members (excludes halogenated alkanes) is 1. The van der Waals surface area contributed by atoms with E-state index in [0.717, 1.165) is 0 Å². The van der Waals surface area contributed by atoms with Crippen LogP contribution in [0.4, 0.5) is 0 Å². The molecule has 2 nitrogen and oxygen atoms in total. The van der Waals surface area contributed by atoms with E-state index < -0.39 is 8.24 Å². The van der Waals surface area contributed by atoms with Crippen LogP contribution in [0.3, 0.4) is 0 Å². The van der Waals surface area contributed by atoms with Crippen molar-refractivity contribution in [3.63, 3.8) is 0 Å². The third kappa shape index (κ3) is 4.63. The smallest absolute Gasteiger partial charge is 0.150 e. The third-order valence-electron chi connectivity index (χ3n) is 1.46. The molecule has 0 unspecified atom stereocenters. The summed E-state index contributed by atoms with van der Waals surface area (Å²) in [6, 6.07) is 1.17. The fraction of sp³-hybridized carbons (Fsp3) is 1.00. The van der Waals surface area contributed by atoms with E-state index in [1.165, 1.54) is 18.9 Å². The molecular weight excluding hydrogens is 130 g/mol. The van der Waals surface area contributed by atoms with Crippen LogP contribution in [-0.4, -0.2) is 13.4 Å². The van der Waals surface area contributed by atoms with Gasteiger partial charge in [-0.3, -0.25) is 0 Å². The Morgan fingerprint density at radius 2 is 2.00 bits per heavy atom. The summed E-state index contributed by atoms with van der Waals surface area (Å²) in [5.74, 6) is 0. The molecular formula is C6H17NOSi. The van der Waals surface area contributed by atoms with E-state index in [0.29, 0.717) is 0 Å². The normalized spacial score (nSPS) is 12.0. The first kappa shape index (κ1) is 9.14. The summed E-state index contributed by atoms with van der Waals surface area (Å²) in [5, 5.41) is 11.0. The van der Waals surface area contributed by atoms with Gasteiger partial charge in [0.1, 0.15) is 8.24 Å². The lowest BCUT2D eigenvalue weighted by Crippen LogP contribution is -2.41. The van der Waals surface area contributed by atoms with Gasteiger partial charge in [-0.2, -0.15) is 0 Å². The van der Waals surface area contributed by atoms with Crippen LogP contribution in [0.25, 0.3) is 0 Å². The quantitative estimate of drug-likeness (QED) is 0.471. The molecule has 0 rings (SSSR count). The van der Waals surface area contributed by atoms with Gasteiger partial charge in [-0.05, 0) is 6.04 Å². The van der Waals surface area contributed by atoms with Gasteiger partial charge >= 0.3 is 0 Å². The van der Waals surface area contributed by atoms with Gasteiger partial charge < -0.3 is 5.21 Å². The van der Waals surface area contributed by atoms with E-state index in [2.05, 4.69) is 25.2 Å². The highest BCUT2D eigenvalue weighted by molar-refractivity contribution is 6.74. The first-order chi connectivity index (χ1) is 4.12. The number of hydrogen-bond donors (Lipinski definition) is 2. The lowest BCUT2D eigenvalue weighted by atomic mass is 10.4. The fourth-order valence-electron chi connectivity index (χ4n) is 0.675. The van der Waals surface area contributed by atoms with Crippen LogP contribution in [0.5, 0.6) is 0 Å². The van der Waals surface area contributed by atoms with Crippen molar-refractivity contribution in [3.8, 4) is 0 Å². The summed E-state index contributed by atoms with van der Waals surface area (Å²) in [4.78, 5) is 0. The van der Waals surface area contributed by atoms with E-state index in [1.54, 1.807) is 0 Å². The summed E-state index contributed by atoms with van der Waals surface area (Å²) in [6.45, 7) is 6.42. The molecule has 0 aromatic carbocycles. The number of hydrogen-bond acceptors (Lipinski definition) is 2. The third-order valence-corrected chi connectivity index (χ3v) is 3.67. The van der Waals surface area contributed by atoms with Crippen LogP contribution in [-0.2, 0) is 0 Å². The van der Waals surface area contributed by atoms with Crippen LogP contribution < -0.4 is 5.15 Å². The molecule has 0 atom stereocenters. The maximum atomic E-state index is 8.63.